The third kappa shape index (κ3) is 7.92. The summed E-state index contributed by atoms with van der Waals surface area (Å²) >= 11 is 0. The Labute approximate surface area is 287 Å². The van der Waals surface area contributed by atoms with Crippen LogP contribution in [0.25, 0.3) is 16.9 Å². The normalized spacial score (nSPS) is 17.0. The number of carbonyl (C=O) groups is 1. The smallest absolute Gasteiger partial charge is 0.236 e. The van der Waals surface area contributed by atoms with Gasteiger partial charge in [-0.15, -0.1) is 0 Å². The Morgan fingerprint density at radius 2 is 1.90 bits per heavy atom. The predicted octanol–water partition coefficient (Wildman–Crippen LogP) is 4.13. The first-order valence-electron chi connectivity index (χ1n) is 17.0. The minimum absolute atomic E-state index is 0.108. The molecule has 0 spiro atoms. The molecule has 1 N–H and O–H groups in total. The summed E-state index contributed by atoms with van der Waals surface area (Å²) in [4.78, 5) is 30.1. The molecule has 1 atom stereocenters. The minimum atomic E-state index is -0.509. The van der Waals surface area contributed by atoms with Crippen LogP contribution >= 0.6 is 0 Å². The molecule has 0 unspecified atom stereocenters. The van der Waals surface area contributed by atoms with Gasteiger partial charge in [-0.2, -0.15) is 14.8 Å². The molecule has 2 saturated heterocycles. The van der Waals surface area contributed by atoms with Crippen molar-refractivity contribution in [1.82, 2.24) is 34.3 Å². The fraction of sp³-hybridized carbons (Fsp3) is 0.472. The van der Waals surface area contributed by atoms with E-state index in [1.807, 2.05) is 49.5 Å². The van der Waals surface area contributed by atoms with Crippen LogP contribution in [0.2, 0.25) is 0 Å². The lowest BCUT2D eigenvalue weighted by Crippen LogP contribution is -2.47. The SMILES string of the molecule is Cc1cc(CN2CCN(c3nc(-c4cnn5ccccc45)nc(N[C@@H]4CCCN(C(=O)CC#N)C4)c3F)CC2)cc(C)c1OCCN(C)C. The van der Waals surface area contributed by atoms with Crippen LogP contribution < -0.4 is 15.0 Å². The number of hydrogen-bond donors (Lipinski definition) is 1. The third-order valence-corrected chi connectivity index (χ3v) is 9.23. The summed E-state index contributed by atoms with van der Waals surface area (Å²) < 4.78 is 24.3. The number of pyridine rings is 1. The maximum atomic E-state index is 16.4. The Morgan fingerprint density at radius 3 is 2.63 bits per heavy atom. The molecule has 2 aliphatic rings. The van der Waals surface area contributed by atoms with Crippen LogP contribution in [0.3, 0.4) is 0 Å². The van der Waals surface area contributed by atoms with Crippen LogP contribution in [0.1, 0.15) is 36.0 Å². The molecule has 3 aromatic heterocycles. The zero-order valence-electron chi connectivity index (χ0n) is 28.8. The second kappa shape index (κ2) is 15.2. The van der Waals surface area contributed by atoms with E-state index in [2.05, 4.69) is 51.2 Å². The van der Waals surface area contributed by atoms with Gasteiger partial charge in [0.2, 0.25) is 11.7 Å². The number of aromatic nitrogens is 4. The highest BCUT2D eigenvalue weighted by Gasteiger charge is 2.29. The number of anilines is 2. The van der Waals surface area contributed by atoms with Gasteiger partial charge in [0.05, 0.1) is 23.3 Å². The second-order valence-electron chi connectivity index (χ2n) is 13.3. The summed E-state index contributed by atoms with van der Waals surface area (Å²) in [5.74, 6) is 0.977. The number of fused-ring (bicyclic) bond motifs is 1. The van der Waals surface area contributed by atoms with Crippen molar-refractivity contribution in [2.24, 2.45) is 0 Å². The molecule has 1 aromatic carbocycles. The van der Waals surface area contributed by atoms with Gasteiger partial charge in [0.1, 0.15) is 18.8 Å². The lowest BCUT2D eigenvalue weighted by molar-refractivity contribution is -0.131. The third-order valence-electron chi connectivity index (χ3n) is 9.23. The van der Waals surface area contributed by atoms with Crippen LogP contribution in [0.15, 0.2) is 42.7 Å². The number of likely N-dealkylation sites (tertiary alicyclic amines) is 1. The van der Waals surface area contributed by atoms with Gasteiger partial charge in [0.25, 0.3) is 0 Å². The molecule has 1 amide bonds. The summed E-state index contributed by atoms with van der Waals surface area (Å²) in [6.45, 7) is 10.2. The number of piperidine rings is 1. The summed E-state index contributed by atoms with van der Waals surface area (Å²) in [6, 6.07) is 11.9. The number of likely N-dealkylation sites (N-methyl/N-ethyl adjacent to an activating group) is 1. The number of nitriles is 1. The van der Waals surface area contributed by atoms with Gasteiger partial charge in [-0.25, -0.2) is 14.5 Å². The molecule has 13 heteroatoms. The van der Waals surface area contributed by atoms with Crippen LogP contribution in [0.4, 0.5) is 16.0 Å². The quantitative estimate of drug-likeness (QED) is 0.250. The average molecular weight is 669 g/mol. The van der Waals surface area contributed by atoms with Gasteiger partial charge < -0.3 is 24.8 Å². The highest BCUT2D eigenvalue weighted by Crippen LogP contribution is 2.31. The monoisotopic (exact) mass is 668 g/mol. The number of ether oxygens (including phenoxy) is 1. The maximum absolute atomic E-state index is 16.4. The standard InChI is InChI=1S/C36H45FN10O2/c1-25-20-27(21-26(2)33(25)49-19-18-43(3)4)23-44-14-16-45(17-15-44)36-32(37)35(40-28-8-7-12-46(24-28)31(48)10-11-38)41-34(42-36)29-22-39-47-13-6-5-9-30(29)47/h5-6,9,13,20-22,28H,7-8,10,12,14-19,23-24H2,1-4H3,(H,40,41,42)/t28-/m1/s1. The van der Waals surface area contributed by atoms with E-state index < -0.39 is 5.82 Å². The van der Waals surface area contributed by atoms with Crippen molar-refractivity contribution in [2.45, 2.75) is 45.7 Å². The number of hydrogen-bond acceptors (Lipinski definition) is 10. The molecule has 6 rings (SSSR count). The topological polar surface area (TPSA) is 118 Å². The fourth-order valence-corrected chi connectivity index (χ4v) is 6.73. The van der Waals surface area contributed by atoms with Crippen LogP contribution in [0.5, 0.6) is 5.75 Å². The van der Waals surface area contributed by atoms with Crippen molar-refractivity contribution in [3.05, 3.63) is 65.2 Å². The van der Waals surface area contributed by atoms with Gasteiger partial charge in [-0.1, -0.05) is 18.2 Å². The first-order chi connectivity index (χ1) is 23.7. The lowest BCUT2D eigenvalue weighted by Gasteiger charge is -2.36. The average Bonchev–Trinajstić information content (AvgIpc) is 3.52. The summed E-state index contributed by atoms with van der Waals surface area (Å²) in [6.07, 6.45) is 4.90. The van der Waals surface area contributed by atoms with E-state index in [0.29, 0.717) is 44.2 Å². The van der Waals surface area contributed by atoms with Crippen molar-refractivity contribution in [3.63, 3.8) is 0 Å². The van der Waals surface area contributed by atoms with Crippen molar-refractivity contribution in [3.8, 4) is 23.2 Å². The highest BCUT2D eigenvalue weighted by molar-refractivity contribution is 5.79. The number of rotatable bonds is 11. The Kier molecular flexibility index (Phi) is 10.6. The number of nitrogens with zero attached hydrogens (tertiary/aromatic N) is 9. The number of carbonyl (C=O) groups excluding carboxylic acids is 1. The van der Waals surface area contributed by atoms with Crippen molar-refractivity contribution in [1.29, 1.82) is 5.26 Å². The molecule has 258 valence electrons. The molecule has 5 heterocycles. The minimum Gasteiger partial charge on any atom is -0.492 e. The fourth-order valence-electron chi connectivity index (χ4n) is 6.73. The summed E-state index contributed by atoms with van der Waals surface area (Å²) in [5, 5.41) is 16.8. The van der Waals surface area contributed by atoms with Gasteiger partial charge in [0.15, 0.2) is 17.5 Å². The van der Waals surface area contributed by atoms with E-state index in [0.717, 1.165) is 61.4 Å². The van der Waals surface area contributed by atoms with E-state index in [1.54, 1.807) is 15.6 Å². The number of benzene rings is 1. The van der Waals surface area contributed by atoms with E-state index in [9.17, 15) is 4.79 Å². The zero-order valence-corrected chi connectivity index (χ0v) is 28.8. The lowest BCUT2D eigenvalue weighted by atomic mass is 10.0. The number of amides is 1. The predicted molar refractivity (Wildman–Crippen MR) is 187 cm³/mol. The molecule has 2 fully saturated rings. The van der Waals surface area contributed by atoms with E-state index >= 15 is 4.39 Å². The van der Waals surface area contributed by atoms with Gasteiger partial charge in [-0.3, -0.25) is 9.69 Å². The largest absolute Gasteiger partial charge is 0.492 e. The van der Waals surface area contributed by atoms with Crippen LogP contribution in [-0.4, -0.2) is 113 Å². The van der Waals surface area contributed by atoms with Crippen molar-refractivity contribution in [2.75, 3.05) is 76.7 Å². The van der Waals surface area contributed by atoms with E-state index in [-0.39, 0.29) is 30.0 Å². The molecule has 4 aromatic rings. The number of aryl methyl sites for hydroxylation is 2. The highest BCUT2D eigenvalue weighted by atomic mass is 19.1. The first kappa shape index (κ1) is 34.1. The van der Waals surface area contributed by atoms with Crippen molar-refractivity contribution >= 4 is 23.1 Å². The van der Waals surface area contributed by atoms with Gasteiger partial charge >= 0.3 is 0 Å². The first-order valence-corrected chi connectivity index (χ1v) is 17.0. The molecular formula is C36H45FN10O2. The Bertz CT molecular complexity index is 1810. The Balaban J connectivity index is 1.20. The molecule has 0 aliphatic carbocycles. The summed E-state index contributed by atoms with van der Waals surface area (Å²) in [5.41, 5.74) is 5.02. The van der Waals surface area contributed by atoms with Gasteiger partial charge in [0, 0.05) is 64.6 Å². The molecule has 49 heavy (non-hydrogen) atoms. The van der Waals surface area contributed by atoms with E-state index in [1.165, 1.54) is 5.56 Å². The molecular weight excluding hydrogens is 623 g/mol. The molecule has 0 bridgehead atoms. The Hall–Kier alpha value is -4.80. The number of halogens is 1. The van der Waals surface area contributed by atoms with Gasteiger partial charge in [-0.05, 0) is 69.6 Å². The zero-order chi connectivity index (χ0) is 34.5. The molecule has 2 aliphatic heterocycles. The molecule has 0 radical (unpaired) electrons. The summed E-state index contributed by atoms with van der Waals surface area (Å²) in [7, 11) is 4.08. The molecule has 12 nitrogen and oxygen atoms in total. The molecule has 0 saturated carbocycles. The van der Waals surface area contributed by atoms with Crippen LogP contribution in [-0.2, 0) is 11.3 Å². The Morgan fingerprint density at radius 1 is 1.12 bits per heavy atom. The second-order valence-corrected chi connectivity index (χ2v) is 13.3. The van der Waals surface area contributed by atoms with Crippen LogP contribution in [0, 0.1) is 31.0 Å². The number of nitrogens with one attached hydrogen (secondary N) is 1. The van der Waals surface area contributed by atoms with E-state index in [4.69, 9.17) is 15.0 Å². The number of piperazine rings is 1. The van der Waals surface area contributed by atoms with Crippen molar-refractivity contribution < 1.29 is 13.9 Å². The maximum Gasteiger partial charge on any atom is 0.236 e.